The van der Waals surface area contributed by atoms with E-state index in [2.05, 4.69) is 33.6 Å². The highest BCUT2D eigenvalue weighted by Crippen LogP contribution is 2.16. The number of aryl methyl sites for hydroxylation is 2. The first kappa shape index (κ1) is 16.2. The number of fused-ring (bicyclic) bond motifs is 1. The lowest BCUT2D eigenvalue weighted by Gasteiger charge is -2.08. The maximum absolute atomic E-state index is 12.2. The average Bonchev–Trinajstić information content (AvgIpc) is 2.81. The summed E-state index contributed by atoms with van der Waals surface area (Å²) in [5.74, 6) is 0.0300. The van der Waals surface area contributed by atoms with Gasteiger partial charge in [0, 0.05) is 36.4 Å². The van der Waals surface area contributed by atoms with Crippen molar-refractivity contribution in [1.82, 2.24) is 20.1 Å². The van der Waals surface area contributed by atoms with E-state index in [1.165, 1.54) is 0 Å². The van der Waals surface area contributed by atoms with Gasteiger partial charge in [-0.15, -0.1) is 0 Å². The van der Waals surface area contributed by atoms with E-state index < -0.39 is 0 Å². The van der Waals surface area contributed by atoms with Crippen LogP contribution in [0.3, 0.4) is 0 Å². The molecule has 0 bridgehead atoms. The van der Waals surface area contributed by atoms with Gasteiger partial charge >= 0.3 is 0 Å². The number of nitrogens with zero attached hydrogens (tertiary/aromatic N) is 3. The fourth-order valence-electron chi connectivity index (χ4n) is 3.00. The molecule has 2 aromatic heterocycles. The lowest BCUT2D eigenvalue weighted by molar-refractivity contribution is -0.120. The average molecular weight is 322 g/mol. The lowest BCUT2D eigenvalue weighted by atomic mass is 10.1. The molecule has 0 aliphatic rings. The van der Waals surface area contributed by atoms with Crippen molar-refractivity contribution in [1.29, 1.82) is 0 Å². The number of rotatable bonds is 5. The predicted octanol–water partition coefficient (Wildman–Crippen LogP) is 2.49. The molecule has 5 nitrogen and oxygen atoms in total. The molecule has 3 rings (SSSR count). The highest BCUT2D eigenvalue weighted by Gasteiger charge is 2.13. The van der Waals surface area contributed by atoms with Crippen LogP contribution in [-0.4, -0.2) is 27.2 Å². The summed E-state index contributed by atoms with van der Waals surface area (Å²) in [6.45, 7) is 4.54. The predicted molar refractivity (Wildman–Crippen MR) is 94.8 cm³/mol. The highest BCUT2D eigenvalue weighted by molar-refractivity contribution is 5.82. The Labute approximate surface area is 141 Å². The Bertz CT molecular complexity index is 877. The Hall–Kier alpha value is -2.69. The van der Waals surface area contributed by atoms with E-state index in [0.717, 1.165) is 39.8 Å². The smallest absolute Gasteiger partial charge is 0.224 e. The first-order valence-electron chi connectivity index (χ1n) is 8.14. The number of carbonyl (C=O) groups is 1. The van der Waals surface area contributed by atoms with Crippen LogP contribution in [0.25, 0.3) is 10.9 Å². The number of benzene rings is 1. The van der Waals surface area contributed by atoms with Gasteiger partial charge < -0.3 is 5.32 Å². The number of carbonyl (C=O) groups excluding carboxylic acids is 1. The number of aromatic nitrogens is 3. The topological polar surface area (TPSA) is 59.8 Å². The van der Waals surface area contributed by atoms with Crippen LogP contribution in [0.15, 0.2) is 36.5 Å². The Morgan fingerprint density at radius 2 is 2.00 bits per heavy atom. The third-order valence-corrected chi connectivity index (χ3v) is 4.43. The fourth-order valence-corrected chi connectivity index (χ4v) is 3.00. The monoisotopic (exact) mass is 322 g/mol. The lowest BCUT2D eigenvalue weighted by Crippen LogP contribution is -2.27. The van der Waals surface area contributed by atoms with Crippen molar-refractivity contribution in [2.24, 2.45) is 7.05 Å². The van der Waals surface area contributed by atoms with E-state index in [1.54, 1.807) is 6.20 Å². The van der Waals surface area contributed by atoms with Crippen molar-refractivity contribution in [3.05, 3.63) is 59.0 Å². The zero-order valence-electron chi connectivity index (χ0n) is 14.3. The highest BCUT2D eigenvalue weighted by atomic mass is 16.1. The molecule has 1 N–H and O–H groups in total. The van der Waals surface area contributed by atoms with Gasteiger partial charge in [0.15, 0.2) is 0 Å². The van der Waals surface area contributed by atoms with Crippen LogP contribution in [0.1, 0.15) is 22.5 Å². The standard InChI is InChI=1S/C19H22N4O/c1-13-17(14(2)23(3)22-13)12-18(24)20-11-9-16-7-4-6-15-8-5-10-21-19(15)16/h4-8,10H,9,11-12H2,1-3H3,(H,20,24). The van der Waals surface area contributed by atoms with Crippen molar-refractivity contribution >= 4 is 16.8 Å². The summed E-state index contributed by atoms with van der Waals surface area (Å²) in [7, 11) is 1.90. The van der Waals surface area contributed by atoms with E-state index in [4.69, 9.17) is 0 Å². The van der Waals surface area contributed by atoms with Crippen LogP contribution in [-0.2, 0) is 24.7 Å². The summed E-state index contributed by atoms with van der Waals surface area (Å²) in [5.41, 5.74) is 5.14. The van der Waals surface area contributed by atoms with Crippen molar-refractivity contribution in [3.8, 4) is 0 Å². The molecule has 0 aliphatic carbocycles. The van der Waals surface area contributed by atoms with Crippen LogP contribution in [0.2, 0.25) is 0 Å². The molecule has 0 saturated heterocycles. The third kappa shape index (κ3) is 3.30. The number of pyridine rings is 1. The van der Waals surface area contributed by atoms with Gasteiger partial charge in [0.2, 0.25) is 5.91 Å². The van der Waals surface area contributed by atoms with Crippen LogP contribution < -0.4 is 5.32 Å². The first-order chi connectivity index (χ1) is 11.6. The van der Waals surface area contributed by atoms with Gasteiger partial charge in [-0.2, -0.15) is 5.10 Å². The van der Waals surface area contributed by atoms with Gasteiger partial charge in [-0.1, -0.05) is 24.3 Å². The molecule has 0 fully saturated rings. The minimum absolute atomic E-state index is 0.0300. The third-order valence-electron chi connectivity index (χ3n) is 4.43. The largest absolute Gasteiger partial charge is 0.355 e. The molecule has 0 radical (unpaired) electrons. The summed E-state index contributed by atoms with van der Waals surface area (Å²) >= 11 is 0. The van der Waals surface area contributed by atoms with Gasteiger partial charge in [0.1, 0.15) is 0 Å². The van der Waals surface area contributed by atoms with Crippen LogP contribution >= 0.6 is 0 Å². The molecule has 1 amide bonds. The molecule has 0 saturated carbocycles. The molecule has 3 aromatic rings. The maximum atomic E-state index is 12.2. The minimum Gasteiger partial charge on any atom is -0.355 e. The quantitative estimate of drug-likeness (QED) is 0.785. The summed E-state index contributed by atoms with van der Waals surface area (Å²) < 4.78 is 1.82. The normalized spacial score (nSPS) is 11.0. The van der Waals surface area contributed by atoms with Gasteiger partial charge in [0.05, 0.1) is 17.6 Å². The molecule has 0 atom stereocenters. The molecular formula is C19H22N4O. The van der Waals surface area contributed by atoms with E-state index >= 15 is 0 Å². The van der Waals surface area contributed by atoms with Crippen molar-refractivity contribution in [2.75, 3.05) is 6.54 Å². The first-order valence-corrected chi connectivity index (χ1v) is 8.14. The second-order valence-corrected chi connectivity index (χ2v) is 6.04. The zero-order chi connectivity index (χ0) is 17.1. The molecule has 124 valence electrons. The van der Waals surface area contributed by atoms with Gasteiger partial charge in [0.25, 0.3) is 0 Å². The number of nitrogens with one attached hydrogen (secondary N) is 1. The van der Waals surface area contributed by atoms with Crippen molar-refractivity contribution in [3.63, 3.8) is 0 Å². The van der Waals surface area contributed by atoms with Crippen LogP contribution in [0.4, 0.5) is 0 Å². The maximum Gasteiger partial charge on any atom is 0.224 e. The van der Waals surface area contributed by atoms with E-state index in [0.29, 0.717) is 13.0 Å². The molecule has 0 spiro atoms. The Balaban J connectivity index is 1.61. The molecule has 0 aliphatic heterocycles. The fraction of sp³-hybridized carbons (Fsp3) is 0.316. The summed E-state index contributed by atoms with van der Waals surface area (Å²) in [4.78, 5) is 16.7. The second kappa shape index (κ2) is 6.83. The van der Waals surface area contributed by atoms with E-state index in [1.807, 2.05) is 37.7 Å². The van der Waals surface area contributed by atoms with Crippen molar-refractivity contribution in [2.45, 2.75) is 26.7 Å². The van der Waals surface area contributed by atoms with Gasteiger partial charge in [-0.25, -0.2) is 0 Å². The van der Waals surface area contributed by atoms with Gasteiger partial charge in [-0.05, 0) is 31.9 Å². The van der Waals surface area contributed by atoms with E-state index in [9.17, 15) is 4.79 Å². The number of hydrogen-bond acceptors (Lipinski definition) is 3. The summed E-state index contributed by atoms with van der Waals surface area (Å²) in [5, 5.41) is 8.49. The molecule has 24 heavy (non-hydrogen) atoms. The van der Waals surface area contributed by atoms with Crippen LogP contribution in [0.5, 0.6) is 0 Å². The minimum atomic E-state index is 0.0300. The molecule has 5 heteroatoms. The number of amides is 1. The molecule has 1 aromatic carbocycles. The molecule has 2 heterocycles. The van der Waals surface area contributed by atoms with Crippen LogP contribution in [0, 0.1) is 13.8 Å². The molecular weight excluding hydrogens is 300 g/mol. The Morgan fingerprint density at radius 3 is 2.75 bits per heavy atom. The summed E-state index contributed by atoms with van der Waals surface area (Å²) in [6.07, 6.45) is 2.95. The number of para-hydroxylation sites is 1. The SMILES string of the molecule is Cc1nn(C)c(C)c1CC(=O)NCCc1cccc2cccnc12. The van der Waals surface area contributed by atoms with E-state index in [-0.39, 0.29) is 5.91 Å². The Morgan fingerprint density at radius 1 is 1.21 bits per heavy atom. The second-order valence-electron chi connectivity index (χ2n) is 6.04. The molecule has 0 unspecified atom stereocenters. The summed E-state index contributed by atoms with van der Waals surface area (Å²) in [6, 6.07) is 10.1. The number of hydrogen-bond donors (Lipinski definition) is 1. The van der Waals surface area contributed by atoms with Gasteiger partial charge in [-0.3, -0.25) is 14.5 Å². The Kier molecular flexibility index (Phi) is 4.60. The van der Waals surface area contributed by atoms with Crippen molar-refractivity contribution < 1.29 is 4.79 Å². The zero-order valence-corrected chi connectivity index (χ0v) is 14.3.